The molecular weight excluding hydrogens is 377 g/mol. The number of carbonyl (C=O) groups is 1. The number of ether oxygens (including phenoxy) is 3. The number of carbonyl (C=O) groups excluding carboxylic acids is 1. The first-order valence-electron chi connectivity index (χ1n) is 9.68. The molecule has 1 aromatic heterocycles. The summed E-state index contributed by atoms with van der Waals surface area (Å²) in [6.45, 7) is 6.86. The zero-order chi connectivity index (χ0) is 21.0. The quantitative estimate of drug-likeness (QED) is 0.737. The molecule has 1 fully saturated rings. The maximum absolute atomic E-state index is 13.2. The van der Waals surface area contributed by atoms with E-state index in [-0.39, 0.29) is 18.0 Å². The van der Waals surface area contributed by atoms with Crippen LogP contribution in [0.4, 0.5) is 9.18 Å². The third-order valence-electron chi connectivity index (χ3n) is 4.59. The first-order valence-corrected chi connectivity index (χ1v) is 9.68. The van der Waals surface area contributed by atoms with Crippen LogP contribution in [-0.4, -0.2) is 59.5 Å². The molecule has 0 saturated carbocycles. The van der Waals surface area contributed by atoms with Gasteiger partial charge in [-0.3, -0.25) is 4.90 Å². The Morgan fingerprint density at radius 3 is 2.66 bits per heavy atom. The van der Waals surface area contributed by atoms with E-state index in [4.69, 9.17) is 14.2 Å². The van der Waals surface area contributed by atoms with Gasteiger partial charge in [-0.15, -0.1) is 0 Å². The van der Waals surface area contributed by atoms with Gasteiger partial charge in [-0.1, -0.05) is 0 Å². The maximum atomic E-state index is 13.2. The molecule has 2 heterocycles. The summed E-state index contributed by atoms with van der Waals surface area (Å²) in [5.74, 6) is 0.348. The van der Waals surface area contributed by atoms with Gasteiger partial charge in [-0.05, 0) is 45.0 Å². The fourth-order valence-corrected chi connectivity index (χ4v) is 3.27. The minimum absolute atomic E-state index is 0.137. The lowest BCUT2D eigenvalue weighted by molar-refractivity contribution is 0.00894. The van der Waals surface area contributed by atoms with E-state index in [1.54, 1.807) is 30.3 Å². The predicted molar refractivity (Wildman–Crippen MR) is 106 cm³/mol. The summed E-state index contributed by atoms with van der Waals surface area (Å²) < 4.78 is 29.7. The summed E-state index contributed by atoms with van der Waals surface area (Å²) >= 11 is 0. The Hall–Kier alpha value is -2.45. The highest BCUT2D eigenvalue weighted by Gasteiger charge is 2.40. The first-order chi connectivity index (χ1) is 13.8. The van der Waals surface area contributed by atoms with E-state index in [1.165, 1.54) is 12.1 Å². The number of aromatic nitrogens is 2. The highest BCUT2D eigenvalue weighted by Crippen LogP contribution is 2.34. The lowest BCUT2D eigenvalue weighted by Crippen LogP contribution is -2.37. The van der Waals surface area contributed by atoms with E-state index < -0.39 is 11.7 Å². The van der Waals surface area contributed by atoms with Gasteiger partial charge in [0.1, 0.15) is 17.2 Å². The van der Waals surface area contributed by atoms with Crippen molar-refractivity contribution in [2.75, 3.05) is 26.9 Å². The molecule has 0 radical (unpaired) electrons. The van der Waals surface area contributed by atoms with Crippen molar-refractivity contribution < 1.29 is 23.4 Å². The van der Waals surface area contributed by atoms with Crippen molar-refractivity contribution in [1.29, 1.82) is 0 Å². The standard InChI is InChI=1S/C21H28FN3O4/c1-21(2,3)29-20(26)25-13-16(28-10-9-27-4)11-18(25)19-23-12-17(24-19)14-5-7-15(22)8-6-14/h5-8,12,16,18H,9-11,13H2,1-4H3,(H,23,24). The van der Waals surface area contributed by atoms with E-state index >= 15 is 0 Å². The van der Waals surface area contributed by atoms with Crippen LogP contribution in [0.25, 0.3) is 11.3 Å². The van der Waals surface area contributed by atoms with Gasteiger partial charge in [-0.2, -0.15) is 0 Å². The van der Waals surface area contributed by atoms with E-state index in [0.29, 0.717) is 37.7 Å². The topological polar surface area (TPSA) is 76.7 Å². The van der Waals surface area contributed by atoms with Crippen molar-refractivity contribution in [3.63, 3.8) is 0 Å². The van der Waals surface area contributed by atoms with Crippen LogP contribution >= 0.6 is 0 Å². The number of aromatic amines is 1. The van der Waals surface area contributed by atoms with Crippen LogP contribution in [-0.2, 0) is 14.2 Å². The number of hydrogen-bond donors (Lipinski definition) is 1. The number of amides is 1. The van der Waals surface area contributed by atoms with Crippen LogP contribution in [0.3, 0.4) is 0 Å². The van der Waals surface area contributed by atoms with Gasteiger partial charge >= 0.3 is 6.09 Å². The van der Waals surface area contributed by atoms with Gasteiger partial charge in [0.2, 0.25) is 0 Å². The predicted octanol–water partition coefficient (Wildman–Crippen LogP) is 3.93. The Morgan fingerprint density at radius 2 is 2.00 bits per heavy atom. The van der Waals surface area contributed by atoms with Crippen molar-refractivity contribution in [3.05, 3.63) is 42.1 Å². The summed E-state index contributed by atoms with van der Waals surface area (Å²) in [4.78, 5) is 22.2. The zero-order valence-corrected chi connectivity index (χ0v) is 17.3. The third kappa shape index (κ3) is 5.55. The van der Waals surface area contributed by atoms with Crippen molar-refractivity contribution in [1.82, 2.24) is 14.9 Å². The van der Waals surface area contributed by atoms with Crippen molar-refractivity contribution in [3.8, 4) is 11.3 Å². The number of imidazole rings is 1. The lowest BCUT2D eigenvalue weighted by Gasteiger charge is -2.27. The largest absolute Gasteiger partial charge is 0.444 e. The van der Waals surface area contributed by atoms with Gasteiger partial charge < -0.3 is 19.2 Å². The molecule has 2 aromatic rings. The number of likely N-dealkylation sites (tertiary alicyclic amines) is 1. The van der Waals surface area contributed by atoms with E-state index in [1.807, 2.05) is 20.8 Å². The smallest absolute Gasteiger partial charge is 0.411 e. The van der Waals surface area contributed by atoms with E-state index in [2.05, 4.69) is 9.97 Å². The molecule has 1 aliphatic heterocycles. The molecule has 7 nitrogen and oxygen atoms in total. The normalized spacial score (nSPS) is 19.6. The maximum Gasteiger partial charge on any atom is 0.411 e. The minimum Gasteiger partial charge on any atom is -0.444 e. The Balaban J connectivity index is 1.79. The molecule has 158 valence electrons. The summed E-state index contributed by atoms with van der Waals surface area (Å²) in [6, 6.07) is 5.84. The third-order valence-corrected chi connectivity index (χ3v) is 4.59. The molecule has 1 aliphatic rings. The summed E-state index contributed by atoms with van der Waals surface area (Å²) in [5, 5.41) is 0. The molecule has 1 amide bonds. The molecule has 1 saturated heterocycles. The first kappa shape index (κ1) is 21.3. The Labute approximate surface area is 170 Å². The number of H-pyrrole nitrogens is 1. The SMILES string of the molecule is COCCOC1CC(c2nc(-c3ccc(F)cc3)c[nH]2)N(C(=O)OC(C)(C)C)C1. The van der Waals surface area contributed by atoms with Crippen LogP contribution in [0.5, 0.6) is 0 Å². The average molecular weight is 405 g/mol. The van der Waals surface area contributed by atoms with Gasteiger partial charge in [0, 0.05) is 25.3 Å². The zero-order valence-electron chi connectivity index (χ0n) is 17.3. The molecule has 3 rings (SSSR count). The van der Waals surface area contributed by atoms with Crippen molar-refractivity contribution in [2.24, 2.45) is 0 Å². The molecular formula is C21H28FN3O4. The molecule has 0 bridgehead atoms. The summed E-state index contributed by atoms with van der Waals surface area (Å²) in [7, 11) is 1.62. The number of hydrogen-bond acceptors (Lipinski definition) is 5. The van der Waals surface area contributed by atoms with Crippen LogP contribution in [0.1, 0.15) is 39.1 Å². The minimum atomic E-state index is -0.598. The fourth-order valence-electron chi connectivity index (χ4n) is 3.27. The molecule has 1 N–H and O–H groups in total. The van der Waals surface area contributed by atoms with Crippen molar-refractivity contribution >= 4 is 6.09 Å². The molecule has 0 aliphatic carbocycles. The summed E-state index contributed by atoms with van der Waals surface area (Å²) in [5.41, 5.74) is 0.885. The Kier molecular flexibility index (Phi) is 6.54. The number of benzene rings is 1. The van der Waals surface area contributed by atoms with Gasteiger partial charge in [0.05, 0.1) is 37.6 Å². The molecule has 1 aromatic carbocycles. The average Bonchev–Trinajstić information content (AvgIpc) is 3.28. The van der Waals surface area contributed by atoms with E-state index in [0.717, 1.165) is 5.56 Å². The van der Waals surface area contributed by atoms with E-state index in [9.17, 15) is 9.18 Å². The second-order valence-electron chi connectivity index (χ2n) is 8.05. The van der Waals surface area contributed by atoms with Crippen molar-refractivity contribution in [2.45, 2.75) is 44.9 Å². The van der Waals surface area contributed by atoms with Crippen LogP contribution < -0.4 is 0 Å². The van der Waals surface area contributed by atoms with Crippen LogP contribution in [0.2, 0.25) is 0 Å². The molecule has 0 spiro atoms. The highest BCUT2D eigenvalue weighted by atomic mass is 19.1. The second kappa shape index (κ2) is 8.92. The van der Waals surface area contributed by atoms with Crippen LogP contribution in [0, 0.1) is 5.82 Å². The second-order valence-corrected chi connectivity index (χ2v) is 8.05. The molecule has 2 unspecified atom stereocenters. The fraction of sp³-hybridized carbons (Fsp3) is 0.524. The Morgan fingerprint density at radius 1 is 1.28 bits per heavy atom. The monoisotopic (exact) mass is 405 g/mol. The highest BCUT2D eigenvalue weighted by molar-refractivity contribution is 5.69. The molecule has 29 heavy (non-hydrogen) atoms. The van der Waals surface area contributed by atoms with Gasteiger partial charge in [-0.25, -0.2) is 14.2 Å². The van der Waals surface area contributed by atoms with Gasteiger partial charge in [0.25, 0.3) is 0 Å². The number of nitrogens with one attached hydrogen (secondary N) is 1. The number of nitrogens with zero attached hydrogens (tertiary/aromatic N) is 2. The molecule has 2 atom stereocenters. The Bertz CT molecular complexity index is 816. The van der Waals surface area contributed by atoms with Gasteiger partial charge in [0.15, 0.2) is 0 Å². The molecule has 8 heteroatoms. The summed E-state index contributed by atoms with van der Waals surface area (Å²) in [6.07, 6.45) is 1.82. The number of rotatable bonds is 6. The number of methoxy groups -OCH3 is 1. The van der Waals surface area contributed by atoms with Crippen LogP contribution in [0.15, 0.2) is 30.5 Å². The lowest BCUT2D eigenvalue weighted by atomic mass is 10.1. The number of halogens is 1.